The van der Waals surface area contributed by atoms with Gasteiger partial charge in [-0.3, -0.25) is 4.79 Å². The third kappa shape index (κ3) is 3.73. The Labute approximate surface area is 175 Å². The minimum atomic E-state index is 0. The van der Waals surface area contributed by atoms with Gasteiger partial charge in [-0.1, -0.05) is 46.8 Å². The number of aromatic nitrogens is 1. The van der Waals surface area contributed by atoms with E-state index in [4.69, 9.17) is 0 Å². The van der Waals surface area contributed by atoms with Crippen molar-refractivity contribution in [1.82, 2.24) is 0 Å². The van der Waals surface area contributed by atoms with E-state index in [1.54, 1.807) is 0 Å². The Morgan fingerprint density at radius 1 is 1.08 bits per heavy atom. The molecule has 3 rings (SSSR count). The van der Waals surface area contributed by atoms with Gasteiger partial charge in [-0.05, 0) is 52.8 Å². The van der Waals surface area contributed by atoms with Crippen LogP contribution in [-0.4, -0.2) is 5.78 Å². The average Bonchev–Trinajstić information content (AvgIpc) is 2.53. The van der Waals surface area contributed by atoms with Gasteiger partial charge in [-0.15, -0.1) is 0 Å². The summed E-state index contributed by atoms with van der Waals surface area (Å²) in [6.45, 7) is 14.1. The van der Waals surface area contributed by atoms with E-state index >= 15 is 0 Å². The van der Waals surface area contributed by atoms with Gasteiger partial charge < -0.3 is 24.0 Å². The first-order valence-electron chi connectivity index (χ1n) is 9.26. The molecule has 2 nitrogen and oxygen atoms in total. The van der Waals surface area contributed by atoms with Crippen molar-refractivity contribution in [2.75, 3.05) is 0 Å². The van der Waals surface area contributed by atoms with Crippen LogP contribution in [-0.2, 0) is 17.4 Å². The van der Waals surface area contributed by atoms with Crippen LogP contribution < -0.4 is 28.5 Å². The van der Waals surface area contributed by atoms with Crippen LogP contribution in [0, 0.1) is 12.8 Å². The summed E-state index contributed by atoms with van der Waals surface area (Å²) >= 11 is 0. The lowest BCUT2D eigenvalue weighted by Crippen LogP contribution is -3.00. The van der Waals surface area contributed by atoms with Crippen LogP contribution >= 0.6 is 0 Å². The molecule has 1 aromatic heterocycles. The van der Waals surface area contributed by atoms with Gasteiger partial charge in [0.1, 0.15) is 0 Å². The molecular weight excluding hydrogens is 433 g/mol. The van der Waals surface area contributed by atoms with E-state index in [1.165, 1.54) is 11.1 Å². The quantitative estimate of drug-likeness (QED) is 0.386. The van der Waals surface area contributed by atoms with E-state index in [0.29, 0.717) is 12.5 Å². The number of halogens is 1. The first kappa shape index (κ1) is 21.1. The third-order valence-corrected chi connectivity index (χ3v) is 6.24. The summed E-state index contributed by atoms with van der Waals surface area (Å²) in [5.41, 5.74) is 4.98. The fourth-order valence-corrected chi connectivity index (χ4v) is 4.29. The number of benzene rings is 1. The van der Waals surface area contributed by atoms with Crippen LogP contribution in [0.25, 0.3) is 0 Å². The molecule has 0 radical (unpaired) electrons. The smallest absolute Gasteiger partial charge is 0.227 e. The number of carbonyl (C=O) groups excluding carboxylic acids is 1. The topological polar surface area (TPSA) is 20.9 Å². The van der Waals surface area contributed by atoms with Crippen molar-refractivity contribution in [3.05, 3.63) is 65.0 Å². The van der Waals surface area contributed by atoms with Crippen molar-refractivity contribution in [2.24, 2.45) is 5.92 Å². The zero-order chi connectivity index (χ0) is 18.4. The summed E-state index contributed by atoms with van der Waals surface area (Å²) in [4.78, 5) is 12.9. The van der Waals surface area contributed by atoms with Crippen molar-refractivity contribution < 1.29 is 33.3 Å². The molecule has 3 heteroatoms. The number of carbonyl (C=O) groups is 1. The molecule has 0 saturated carbocycles. The third-order valence-electron chi connectivity index (χ3n) is 6.24. The van der Waals surface area contributed by atoms with Crippen molar-refractivity contribution in [2.45, 2.75) is 65.3 Å². The van der Waals surface area contributed by atoms with E-state index in [-0.39, 0.29) is 40.6 Å². The number of hydrogen-bond acceptors (Lipinski definition) is 1. The fourth-order valence-electron chi connectivity index (χ4n) is 4.29. The largest absolute Gasteiger partial charge is 1.00 e. The SMILES string of the molecule is Cc1cc2c(cc1C(=O)C[n+]1ccccc1)C(C)(C)CC(C)C2(C)C.[I-]. The van der Waals surface area contributed by atoms with Crippen LogP contribution in [0.4, 0.5) is 0 Å². The monoisotopic (exact) mass is 463 g/mol. The predicted molar refractivity (Wildman–Crippen MR) is 102 cm³/mol. The second kappa shape index (κ2) is 7.41. The van der Waals surface area contributed by atoms with Gasteiger partial charge in [0.15, 0.2) is 12.4 Å². The molecule has 1 atom stereocenters. The number of pyridine rings is 1. The highest BCUT2D eigenvalue weighted by Crippen LogP contribution is 2.49. The Morgan fingerprint density at radius 2 is 1.69 bits per heavy atom. The second-order valence-corrected chi connectivity index (χ2v) is 8.89. The number of hydrogen-bond donors (Lipinski definition) is 0. The van der Waals surface area contributed by atoms with Crippen LogP contribution in [0.15, 0.2) is 42.7 Å². The first-order chi connectivity index (χ1) is 11.6. The molecular formula is C23H30INO. The molecule has 140 valence electrons. The van der Waals surface area contributed by atoms with Gasteiger partial charge in [-0.25, -0.2) is 0 Å². The van der Waals surface area contributed by atoms with Gasteiger partial charge in [-0.2, -0.15) is 4.57 Å². The Balaban J connectivity index is 0.00000243. The molecule has 2 aromatic rings. The molecule has 0 fully saturated rings. The van der Waals surface area contributed by atoms with E-state index in [9.17, 15) is 4.79 Å². The maximum absolute atomic E-state index is 12.9. The van der Waals surface area contributed by atoms with E-state index in [1.807, 2.05) is 35.2 Å². The molecule has 26 heavy (non-hydrogen) atoms. The summed E-state index contributed by atoms with van der Waals surface area (Å²) in [6, 6.07) is 10.3. The van der Waals surface area contributed by atoms with Crippen molar-refractivity contribution >= 4 is 5.78 Å². The number of Topliss-reactive ketones (excluding diaryl/α,β-unsaturated/α-hetero) is 1. The van der Waals surface area contributed by atoms with E-state index < -0.39 is 0 Å². The lowest BCUT2D eigenvalue weighted by Gasteiger charge is -2.47. The van der Waals surface area contributed by atoms with Crippen LogP contribution in [0.1, 0.15) is 68.1 Å². The zero-order valence-corrected chi connectivity index (χ0v) is 18.9. The van der Waals surface area contributed by atoms with Gasteiger partial charge in [0, 0.05) is 17.7 Å². The van der Waals surface area contributed by atoms with Crippen molar-refractivity contribution in [1.29, 1.82) is 0 Å². The van der Waals surface area contributed by atoms with Gasteiger partial charge in [0.2, 0.25) is 12.3 Å². The summed E-state index contributed by atoms with van der Waals surface area (Å²) in [7, 11) is 0. The average molecular weight is 463 g/mol. The van der Waals surface area contributed by atoms with E-state index in [2.05, 4.69) is 53.7 Å². The minimum Gasteiger partial charge on any atom is -1.00 e. The number of fused-ring (bicyclic) bond motifs is 1. The first-order valence-corrected chi connectivity index (χ1v) is 9.26. The van der Waals surface area contributed by atoms with Crippen molar-refractivity contribution in [3.63, 3.8) is 0 Å². The highest BCUT2D eigenvalue weighted by atomic mass is 127. The van der Waals surface area contributed by atoms with Crippen molar-refractivity contribution in [3.8, 4) is 0 Å². The molecule has 1 heterocycles. The van der Waals surface area contributed by atoms with Crippen LogP contribution in [0.2, 0.25) is 0 Å². The molecule has 1 unspecified atom stereocenters. The molecule has 0 saturated heterocycles. The summed E-state index contributed by atoms with van der Waals surface area (Å²) in [5, 5.41) is 0. The zero-order valence-electron chi connectivity index (χ0n) is 16.8. The van der Waals surface area contributed by atoms with Crippen LogP contribution in [0.5, 0.6) is 0 Å². The second-order valence-electron chi connectivity index (χ2n) is 8.89. The highest BCUT2D eigenvalue weighted by molar-refractivity contribution is 5.97. The molecule has 0 amide bonds. The fraction of sp³-hybridized carbons (Fsp3) is 0.478. The molecule has 0 bridgehead atoms. The maximum Gasteiger partial charge on any atom is 0.227 e. The molecule has 0 aliphatic heterocycles. The van der Waals surface area contributed by atoms with Gasteiger partial charge in [0.25, 0.3) is 0 Å². The molecule has 1 aliphatic carbocycles. The molecule has 0 spiro atoms. The lowest BCUT2D eigenvalue weighted by atomic mass is 9.58. The lowest BCUT2D eigenvalue weighted by molar-refractivity contribution is -0.683. The normalized spacial score (nSPS) is 20.0. The van der Waals surface area contributed by atoms with Gasteiger partial charge >= 0.3 is 0 Å². The minimum absolute atomic E-state index is 0. The maximum atomic E-state index is 12.9. The van der Waals surface area contributed by atoms with Gasteiger partial charge in [0.05, 0.1) is 0 Å². The van der Waals surface area contributed by atoms with Crippen LogP contribution in [0.3, 0.4) is 0 Å². The molecule has 1 aliphatic rings. The molecule has 1 aromatic carbocycles. The summed E-state index contributed by atoms with van der Waals surface area (Å²) in [6.07, 6.45) is 5.04. The predicted octanol–water partition coefficient (Wildman–Crippen LogP) is 1.76. The Bertz CT molecular complexity index is 808. The van der Waals surface area contributed by atoms with E-state index in [0.717, 1.165) is 17.5 Å². The summed E-state index contributed by atoms with van der Waals surface area (Å²) < 4.78 is 1.94. The summed E-state index contributed by atoms with van der Waals surface area (Å²) in [5.74, 6) is 0.805. The number of aryl methyl sites for hydroxylation is 1. The highest BCUT2D eigenvalue weighted by Gasteiger charge is 2.42. The molecule has 0 N–H and O–H groups in total. The Morgan fingerprint density at radius 3 is 2.31 bits per heavy atom. The Kier molecular flexibility index (Phi) is 6.01. The standard InChI is InChI=1S/C23H30NO.HI/c1-16-12-20-19(22(3,4)14-17(2)23(20,5)6)13-18(16)21(25)15-24-10-8-7-9-11-24;/h7-13,17H,14-15H2,1-6H3;1H/q+1;/p-1. The number of ketones is 1. The number of rotatable bonds is 3. The Hall–Kier alpha value is -1.23. The number of nitrogens with zero attached hydrogens (tertiary/aromatic N) is 1.